The molecule has 0 bridgehead atoms. The molecule has 5 heteroatoms. The number of rotatable bonds is 5. The van der Waals surface area contributed by atoms with Crippen molar-refractivity contribution < 1.29 is 23.4 Å². The highest BCUT2D eigenvalue weighted by Crippen LogP contribution is 2.32. The third-order valence-electron chi connectivity index (χ3n) is 4.55. The fourth-order valence-corrected chi connectivity index (χ4v) is 3.14. The van der Waals surface area contributed by atoms with Gasteiger partial charge in [-0.25, -0.2) is 9.18 Å². The molecule has 1 aliphatic rings. The Balaban J connectivity index is 1.54. The first-order valence-electron chi connectivity index (χ1n) is 9.27. The molecule has 146 valence electrons. The summed E-state index contributed by atoms with van der Waals surface area (Å²) in [7, 11) is 1.47. The maximum absolute atomic E-state index is 13.0. The van der Waals surface area contributed by atoms with Crippen molar-refractivity contribution in [1.29, 1.82) is 0 Å². The predicted molar refractivity (Wildman–Crippen MR) is 103 cm³/mol. The topological polar surface area (TPSA) is 44.8 Å². The molecule has 0 N–H and O–H groups in total. The van der Waals surface area contributed by atoms with E-state index in [0.29, 0.717) is 0 Å². The summed E-state index contributed by atoms with van der Waals surface area (Å²) in [6.07, 6.45) is -0.0880. The van der Waals surface area contributed by atoms with Crippen molar-refractivity contribution >= 4 is 5.97 Å². The van der Waals surface area contributed by atoms with Crippen LogP contribution in [0.2, 0.25) is 0 Å². The van der Waals surface area contributed by atoms with Crippen LogP contribution in [0.15, 0.2) is 54.6 Å². The summed E-state index contributed by atoms with van der Waals surface area (Å²) in [6, 6.07) is 15.5. The van der Waals surface area contributed by atoms with E-state index in [4.69, 9.17) is 14.2 Å². The number of carbonyl (C=O) groups excluding carboxylic acids is 1. The van der Waals surface area contributed by atoms with Gasteiger partial charge >= 0.3 is 5.97 Å². The quantitative estimate of drug-likeness (QED) is 0.569. The average molecular weight is 382 g/mol. The number of carbonyl (C=O) groups is 1. The summed E-state index contributed by atoms with van der Waals surface area (Å²) in [5, 5.41) is 0. The van der Waals surface area contributed by atoms with Gasteiger partial charge in [-0.3, -0.25) is 0 Å². The number of halogens is 1. The van der Waals surface area contributed by atoms with E-state index in [1.165, 1.54) is 19.2 Å². The average Bonchev–Trinajstić information content (AvgIpc) is 3.17. The van der Waals surface area contributed by atoms with Crippen LogP contribution in [0, 0.1) is 17.7 Å². The van der Waals surface area contributed by atoms with E-state index < -0.39 is 18.2 Å². The third-order valence-corrected chi connectivity index (χ3v) is 4.55. The fraction of sp³-hybridized carbons (Fsp3) is 0.348. The van der Waals surface area contributed by atoms with Crippen LogP contribution in [0.5, 0.6) is 0 Å². The molecule has 1 aliphatic heterocycles. The number of methoxy groups -OCH3 is 1. The van der Waals surface area contributed by atoms with Gasteiger partial charge in [0.05, 0.1) is 6.10 Å². The molecule has 3 rings (SSSR count). The second-order valence-corrected chi connectivity index (χ2v) is 6.64. The zero-order chi connectivity index (χ0) is 19.9. The van der Waals surface area contributed by atoms with Gasteiger partial charge in [0.1, 0.15) is 11.9 Å². The molecule has 2 aromatic rings. The molecule has 0 spiro atoms. The normalized spacial score (nSPS) is 20.7. The van der Waals surface area contributed by atoms with Crippen LogP contribution in [0.25, 0.3) is 0 Å². The number of hydrogen-bond acceptors (Lipinski definition) is 4. The Morgan fingerprint density at radius 2 is 1.86 bits per heavy atom. The molecule has 1 fully saturated rings. The van der Waals surface area contributed by atoms with Gasteiger partial charge in [-0.2, -0.15) is 0 Å². The van der Waals surface area contributed by atoms with Crippen molar-refractivity contribution in [2.45, 2.75) is 44.2 Å². The number of benzene rings is 2. The molecule has 0 radical (unpaired) electrons. The smallest absolute Gasteiger partial charge is 0.341 e. The Labute approximate surface area is 164 Å². The lowest BCUT2D eigenvalue weighted by atomic mass is 10.1. The summed E-state index contributed by atoms with van der Waals surface area (Å²) in [5.41, 5.74) is 1.67. The highest BCUT2D eigenvalue weighted by molar-refractivity contribution is 5.76. The molecular weight excluding hydrogens is 359 g/mol. The lowest BCUT2D eigenvalue weighted by Gasteiger charge is -2.16. The van der Waals surface area contributed by atoms with Gasteiger partial charge in [0.25, 0.3) is 0 Å². The van der Waals surface area contributed by atoms with Crippen molar-refractivity contribution in [2.24, 2.45) is 0 Å². The van der Waals surface area contributed by atoms with E-state index in [1.807, 2.05) is 30.3 Å². The summed E-state index contributed by atoms with van der Waals surface area (Å²) in [6.45, 7) is 1.72. The van der Waals surface area contributed by atoms with Crippen molar-refractivity contribution in [2.75, 3.05) is 7.11 Å². The van der Waals surface area contributed by atoms with Crippen molar-refractivity contribution in [3.05, 3.63) is 71.5 Å². The lowest BCUT2D eigenvalue weighted by Crippen LogP contribution is -2.22. The SMILES string of the molecule is COC(C(=O)OC(C)C#C[C@H]1CC[C@H](c2ccc(F)cc2)O1)c1ccccc1. The minimum absolute atomic E-state index is 0.0892. The van der Waals surface area contributed by atoms with Crippen LogP contribution in [0.3, 0.4) is 0 Å². The van der Waals surface area contributed by atoms with Crippen molar-refractivity contribution in [1.82, 2.24) is 0 Å². The van der Waals surface area contributed by atoms with Crippen LogP contribution in [0.4, 0.5) is 4.39 Å². The van der Waals surface area contributed by atoms with Gasteiger partial charge in [-0.1, -0.05) is 54.3 Å². The first-order chi connectivity index (χ1) is 13.6. The predicted octanol–water partition coefficient (Wildman–Crippen LogP) is 4.37. The molecular formula is C23H23FO4. The maximum Gasteiger partial charge on any atom is 0.341 e. The molecule has 4 nitrogen and oxygen atoms in total. The summed E-state index contributed by atoms with van der Waals surface area (Å²) >= 11 is 0. The number of hydrogen-bond donors (Lipinski definition) is 0. The van der Waals surface area contributed by atoms with E-state index in [0.717, 1.165) is 24.0 Å². The van der Waals surface area contributed by atoms with Crippen molar-refractivity contribution in [3.8, 4) is 11.8 Å². The zero-order valence-corrected chi connectivity index (χ0v) is 15.9. The molecule has 2 aromatic carbocycles. The van der Waals surface area contributed by atoms with Gasteiger partial charge in [0.15, 0.2) is 12.2 Å². The van der Waals surface area contributed by atoms with E-state index in [1.54, 1.807) is 19.1 Å². The first kappa shape index (κ1) is 20.1. The maximum atomic E-state index is 13.0. The van der Waals surface area contributed by atoms with Crippen molar-refractivity contribution in [3.63, 3.8) is 0 Å². The Morgan fingerprint density at radius 1 is 1.14 bits per heavy atom. The van der Waals surface area contributed by atoms with Crippen LogP contribution >= 0.6 is 0 Å². The highest BCUT2D eigenvalue weighted by atomic mass is 19.1. The van der Waals surface area contributed by atoms with E-state index in [-0.39, 0.29) is 18.0 Å². The number of esters is 1. The molecule has 0 amide bonds. The zero-order valence-electron chi connectivity index (χ0n) is 15.9. The summed E-state index contributed by atoms with van der Waals surface area (Å²) in [4.78, 5) is 12.4. The Morgan fingerprint density at radius 3 is 2.54 bits per heavy atom. The molecule has 0 aliphatic carbocycles. The van der Waals surface area contributed by atoms with E-state index in [9.17, 15) is 9.18 Å². The minimum Gasteiger partial charge on any atom is -0.447 e. The second kappa shape index (κ2) is 9.50. The molecule has 0 aromatic heterocycles. The van der Waals surface area contributed by atoms with E-state index >= 15 is 0 Å². The van der Waals surface area contributed by atoms with Gasteiger partial charge in [0.2, 0.25) is 0 Å². The monoisotopic (exact) mass is 382 g/mol. The fourth-order valence-electron chi connectivity index (χ4n) is 3.14. The molecule has 2 unspecified atom stereocenters. The summed E-state index contributed by atoms with van der Waals surface area (Å²) in [5.74, 6) is 5.22. The largest absolute Gasteiger partial charge is 0.447 e. The molecule has 1 heterocycles. The first-order valence-corrected chi connectivity index (χ1v) is 9.27. The van der Waals surface area contributed by atoms with Gasteiger partial charge in [-0.15, -0.1) is 0 Å². The van der Waals surface area contributed by atoms with Gasteiger partial charge in [-0.05, 0) is 43.0 Å². The molecule has 0 saturated carbocycles. The third kappa shape index (κ3) is 5.19. The Bertz CT molecular complexity index is 838. The highest BCUT2D eigenvalue weighted by Gasteiger charge is 2.26. The number of ether oxygens (including phenoxy) is 3. The Kier molecular flexibility index (Phi) is 6.80. The molecule has 4 atom stereocenters. The standard InChI is InChI=1S/C23H23FO4/c1-16(27-23(25)22(26-2)18-6-4-3-5-7-18)8-13-20-14-15-21(28-20)17-9-11-19(24)12-10-17/h3-7,9-12,16,20-22H,14-15H2,1-2H3/t16?,20-,21+,22?/m0/s1. The second-order valence-electron chi connectivity index (χ2n) is 6.64. The Hall–Kier alpha value is -2.68. The molecule has 28 heavy (non-hydrogen) atoms. The van der Waals surface area contributed by atoms with Gasteiger partial charge in [0, 0.05) is 7.11 Å². The lowest BCUT2D eigenvalue weighted by molar-refractivity contribution is -0.158. The van der Waals surface area contributed by atoms with Crippen LogP contribution in [-0.2, 0) is 19.0 Å². The van der Waals surface area contributed by atoms with Crippen LogP contribution in [-0.4, -0.2) is 25.3 Å². The van der Waals surface area contributed by atoms with Crippen LogP contribution in [0.1, 0.15) is 43.1 Å². The van der Waals surface area contributed by atoms with Gasteiger partial charge < -0.3 is 14.2 Å². The summed E-state index contributed by atoms with van der Waals surface area (Å²) < 4.78 is 29.6. The minimum atomic E-state index is -0.781. The molecule has 1 saturated heterocycles. The van der Waals surface area contributed by atoms with Crippen LogP contribution < -0.4 is 0 Å². The van der Waals surface area contributed by atoms with E-state index in [2.05, 4.69) is 11.8 Å².